The number of carbonyl (C=O) groups excluding carboxylic acids is 1. The highest BCUT2D eigenvalue weighted by Gasteiger charge is 2.22. The van der Waals surface area contributed by atoms with Crippen molar-refractivity contribution in [2.75, 3.05) is 29.9 Å². The zero-order chi connectivity index (χ0) is 21.3. The van der Waals surface area contributed by atoms with E-state index in [0.29, 0.717) is 35.8 Å². The number of hydrogen-bond donors (Lipinski definition) is 2. The number of amides is 1. The van der Waals surface area contributed by atoms with Gasteiger partial charge in [0.2, 0.25) is 11.7 Å². The zero-order valence-electron chi connectivity index (χ0n) is 18.0. The van der Waals surface area contributed by atoms with Crippen molar-refractivity contribution >= 4 is 35.7 Å². The molecule has 2 atom stereocenters. The third kappa shape index (κ3) is 5.02. The number of rotatable bonds is 5. The second-order valence-corrected chi connectivity index (χ2v) is 7.59. The molecular weight excluding hydrogens is 420 g/mol. The largest absolute Gasteiger partial charge is 0.477 e. The molecule has 11 heteroatoms. The van der Waals surface area contributed by atoms with E-state index in [1.165, 1.54) is 0 Å². The molecule has 0 unspecified atom stereocenters. The molecular formula is C20H27ClN8O2. The first-order valence-electron chi connectivity index (χ1n) is 10.1. The van der Waals surface area contributed by atoms with Gasteiger partial charge in [-0.2, -0.15) is 4.98 Å². The predicted octanol–water partition coefficient (Wildman–Crippen LogP) is 2.09. The van der Waals surface area contributed by atoms with Crippen LogP contribution in [0.1, 0.15) is 36.8 Å². The van der Waals surface area contributed by atoms with Gasteiger partial charge in [-0.1, -0.05) is 0 Å². The Labute approximate surface area is 186 Å². The number of ether oxygens (including phenoxy) is 1. The van der Waals surface area contributed by atoms with E-state index in [1.54, 1.807) is 22.9 Å². The molecule has 0 radical (unpaired) electrons. The Morgan fingerprint density at radius 2 is 1.94 bits per heavy atom. The van der Waals surface area contributed by atoms with E-state index in [2.05, 4.69) is 49.5 Å². The van der Waals surface area contributed by atoms with Gasteiger partial charge in [-0.05, 0) is 39.8 Å². The third-order valence-electron chi connectivity index (χ3n) is 4.83. The molecule has 3 aromatic heterocycles. The molecule has 0 saturated carbocycles. The monoisotopic (exact) mass is 446 g/mol. The number of piperazine rings is 1. The Morgan fingerprint density at radius 1 is 1.19 bits per heavy atom. The van der Waals surface area contributed by atoms with Gasteiger partial charge in [-0.3, -0.25) is 9.20 Å². The summed E-state index contributed by atoms with van der Waals surface area (Å²) in [5.74, 6) is 1.51. The van der Waals surface area contributed by atoms with Gasteiger partial charge in [0.15, 0.2) is 11.6 Å². The van der Waals surface area contributed by atoms with Crippen molar-refractivity contribution in [2.24, 2.45) is 0 Å². The predicted molar refractivity (Wildman–Crippen MR) is 120 cm³/mol. The maximum absolute atomic E-state index is 12.9. The summed E-state index contributed by atoms with van der Waals surface area (Å²) in [7, 11) is 0. The molecule has 166 valence electrons. The van der Waals surface area contributed by atoms with Crippen LogP contribution in [0.3, 0.4) is 0 Å². The van der Waals surface area contributed by atoms with Crippen LogP contribution in [0.25, 0.3) is 5.78 Å². The van der Waals surface area contributed by atoms with Crippen molar-refractivity contribution in [1.82, 2.24) is 29.9 Å². The number of aryl methyl sites for hydroxylation is 1. The number of fused-ring (bicyclic) bond motifs is 1. The normalized spacial score (nSPS) is 18.5. The second kappa shape index (κ2) is 9.44. The van der Waals surface area contributed by atoms with E-state index in [4.69, 9.17) is 4.74 Å². The molecule has 3 aromatic rings. The van der Waals surface area contributed by atoms with Crippen molar-refractivity contribution in [3.05, 3.63) is 35.8 Å². The molecule has 0 aromatic carbocycles. The van der Waals surface area contributed by atoms with Crippen LogP contribution >= 0.6 is 12.4 Å². The summed E-state index contributed by atoms with van der Waals surface area (Å²) in [6.07, 6.45) is 3.47. The molecule has 4 heterocycles. The molecule has 0 spiro atoms. The van der Waals surface area contributed by atoms with E-state index in [0.717, 1.165) is 24.6 Å². The molecule has 0 bridgehead atoms. The topological polar surface area (TPSA) is 110 Å². The Kier molecular flexibility index (Phi) is 6.91. The Balaban J connectivity index is 0.00000272. The second-order valence-electron chi connectivity index (χ2n) is 7.59. The first kappa shape index (κ1) is 22.7. The van der Waals surface area contributed by atoms with E-state index < -0.39 is 0 Å². The molecule has 1 aliphatic rings. The van der Waals surface area contributed by atoms with Gasteiger partial charge in [-0.15, -0.1) is 22.6 Å². The van der Waals surface area contributed by atoms with E-state index in [1.807, 2.05) is 19.9 Å². The fraction of sp³-hybridized carbons (Fsp3) is 0.450. The van der Waals surface area contributed by atoms with Crippen molar-refractivity contribution in [3.63, 3.8) is 0 Å². The summed E-state index contributed by atoms with van der Waals surface area (Å²) >= 11 is 0. The molecule has 2 N–H and O–H groups in total. The van der Waals surface area contributed by atoms with Crippen molar-refractivity contribution in [2.45, 2.75) is 39.8 Å². The van der Waals surface area contributed by atoms with Gasteiger partial charge in [0.25, 0.3) is 5.91 Å². The molecule has 1 saturated heterocycles. The fourth-order valence-electron chi connectivity index (χ4n) is 3.69. The minimum absolute atomic E-state index is 0. The minimum Gasteiger partial charge on any atom is -0.477 e. The van der Waals surface area contributed by atoms with Gasteiger partial charge < -0.3 is 20.3 Å². The summed E-state index contributed by atoms with van der Waals surface area (Å²) in [4.78, 5) is 23.7. The minimum atomic E-state index is -0.370. The lowest BCUT2D eigenvalue weighted by Crippen LogP contribution is -2.54. The van der Waals surface area contributed by atoms with Crippen LogP contribution in [0.15, 0.2) is 24.5 Å². The van der Waals surface area contributed by atoms with E-state index in [-0.39, 0.29) is 24.2 Å². The standard InChI is InChI=1S/C20H26N8O2.ClH/c1-5-30-19-15(11-28-10-14(4)22-20(28)24-19)18(29)23-16-6-7-17(26-25-16)27-8-12(2)21-13(3)9-27;/h6-7,10-13,21H,5,8-9H2,1-4H3,(H,23,25,29);1H/t12-,13+;. The maximum Gasteiger partial charge on any atom is 0.263 e. The number of halogens is 1. The molecule has 31 heavy (non-hydrogen) atoms. The lowest BCUT2D eigenvalue weighted by molar-refractivity contribution is 0.102. The first-order valence-corrected chi connectivity index (χ1v) is 10.1. The van der Waals surface area contributed by atoms with Gasteiger partial charge in [0.05, 0.1) is 12.3 Å². The summed E-state index contributed by atoms with van der Waals surface area (Å²) in [5.41, 5.74) is 1.11. The molecule has 4 rings (SSSR count). The Morgan fingerprint density at radius 3 is 2.58 bits per heavy atom. The first-order chi connectivity index (χ1) is 14.4. The fourth-order valence-corrected chi connectivity index (χ4v) is 3.69. The van der Waals surface area contributed by atoms with Crippen molar-refractivity contribution in [1.29, 1.82) is 0 Å². The molecule has 1 amide bonds. The number of imidazole rings is 1. The van der Waals surface area contributed by atoms with Crippen LogP contribution in [0.5, 0.6) is 5.88 Å². The number of aromatic nitrogens is 5. The van der Waals surface area contributed by atoms with Crippen LogP contribution in [0, 0.1) is 6.92 Å². The van der Waals surface area contributed by atoms with Crippen LogP contribution in [-0.2, 0) is 0 Å². The van der Waals surface area contributed by atoms with E-state index in [9.17, 15) is 4.79 Å². The highest BCUT2D eigenvalue weighted by Crippen LogP contribution is 2.20. The van der Waals surface area contributed by atoms with Gasteiger partial charge in [0.1, 0.15) is 5.56 Å². The van der Waals surface area contributed by atoms with Crippen molar-refractivity contribution in [3.8, 4) is 5.88 Å². The van der Waals surface area contributed by atoms with Crippen LogP contribution in [0.4, 0.5) is 11.6 Å². The maximum atomic E-state index is 12.9. The van der Waals surface area contributed by atoms with Gasteiger partial charge in [-0.25, -0.2) is 4.98 Å². The van der Waals surface area contributed by atoms with Gasteiger partial charge in [0, 0.05) is 37.6 Å². The number of carbonyl (C=O) groups is 1. The molecule has 1 fully saturated rings. The number of nitrogens with zero attached hydrogens (tertiary/aromatic N) is 6. The SMILES string of the molecule is CCOc1nc2nc(C)cn2cc1C(=O)Nc1ccc(N2C[C@@H](C)N[C@@H](C)C2)nn1.Cl. The van der Waals surface area contributed by atoms with Crippen LogP contribution < -0.4 is 20.3 Å². The highest BCUT2D eigenvalue weighted by molar-refractivity contribution is 6.05. The average Bonchev–Trinajstić information content (AvgIpc) is 3.06. The molecule has 0 aliphatic carbocycles. The summed E-state index contributed by atoms with van der Waals surface area (Å²) in [6, 6.07) is 4.38. The summed E-state index contributed by atoms with van der Waals surface area (Å²) in [5, 5.41) is 14.8. The quantitative estimate of drug-likeness (QED) is 0.613. The molecule has 10 nitrogen and oxygen atoms in total. The Bertz CT molecular complexity index is 1050. The number of anilines is 2. The van der Waals surface area contributed by atoms with Crippen molar-refractivity contribution < 1.29 is 9.53 Å². The summed E-state index contributed by atoms with van der Waals surface area (Å²) < 4.78 is 7.26. The number of hydrogen-bond acceptors (Lipinski definition) is 8. The average molecular weight is 447 g/mol. The lowest BCUT2D eigenvalue weighted by Gasteiger charge is -2.36. The smallest absolute Gasteiger partial charge is 0.263 e. The third-order valence-corrected chi connectivity index (χ3v) is 4.83. The van der Waals surface area contributed by atoms with E-state index >= 15 is 0 Å². The Hall–Kier alpha value is -2.98. The zero-order valence-corrected chi connectivity index (χ0v) is 18.8. The van der Waals surface area contributed by atoms with Crippen LogP contribution in [0.2, 0.25) is 0 Å². The van der Waals surface area contributed by atoms with Crippen LogP contribution in [-0.4, -0.2) is 62.3 Å². The summed E-state index contributed by atoms with van der Waals surface area (Å²) in [6.45, 7) is 10.1. The van der Waals surface area contributed by atoms with Gasteiger partial charge >= 0.3 is 0 Å². The number of nitrogens with one attached hydrogen (secondary N) is 2. The molecule has 1 aliphatic heterocycles. The lowest BCUT2D eigenvalue weighted by atomic mass is 10.1. The highest BCUT2D eigenvalue weighted by atomic mass is 35.5.